The van der Waals surface area contributed by atoms with E-state index in [0.717, 1.165) is 32.1 Å². The molecule has 0 saturated heterocycles. The largest absolute Gasteiger partial charge is 0.394 e. The summed E-state index contributed by atoms with van der Waals surface area (Å²) in [5, 5.41) is 23.3. The fourth-order valence-corrected chi connectivity index (χ4v) is 8.92. The van der Waals surface area contributed by atoms with Crippen molar-refractivity contribution in [3.8, 4) is 0 Å². The minimum absolute atomic E-state index is 0.0255. The Morgan fingerprint density at radius 3 is 0.984 bits per heavy atom. The van der Waals surface area contributed by atoms with Crippen molar-refractivity contribution in [2.45, 2.75) is 328 Å². The first-order chi connectivity index (χ1) is 30.2. The van der Waals surface area contributed by atoms with E-state index in [2.05, 4.69) is 43.5 Å². The molecule has 61 heavy (non-hydrogen) atoms. The highest BCUT2D eigenvalue weighted by Crippen LogP contribution is 2.18. The fraction of sp³-hybridized carbons (Fsp3) is 0.912. The Morgan fingerprint density at radius 1 is 0.393 bits per heavy atom. The minimum Gasteiger partial charge on any atom is -0.394 e. The van der Waals surface area contributed by atoms with Crippen molar-refractivity contribution in [1.82, 2.24) is 5.32 Å². The van der Waals surface area contributed by atoms with Gasteiger partial charge in [0.05, 0.1) is 18.8 Å². The number of aliphatic hydroxyl groups is 2. The summed E-state index contributed by atoms with van der Waals surface area (Å²) in [5.74, 6) is -0.0255. The number of rotatable bonds is 52. The van der Waals surface area contributed by atoms with Gasteiger partial charge < -0.3 is 15.5 Å². The summed E-state index contributed by atoms with van der Waals surface area (Å²) in [6.45, 7) is 4.37. The first-order valence-corrected chi connectivity index (χ1v) is 28.0. The third kappa shape index (κ3) is 49.7. The molecule has 0 heterocycles. The zero-order valence-electron chi connectivity index (χ0n) is 41.7. The lowest BCUT2D eigenvalue weighted by Crippen LogP contribution is -2.45. The van der Waals surface area contributed by atoms with Crippen molar-refractivity contribution in [3.05, 3.63) is 24.3 Å². The number of nitrogens with one attached hydrogen (secondary N) is 1. The average Bonchev–Trinajstić information content (AvgIpc) is 3.26. The van der Waals surface area contributed by atoms with Gasteiger partial charge in [-0.15, -0.1) is 0 Å². The van der Waals surface area contributed by atoms with Crippen LogP contribution in [0.4, 0.5) is 0 Å². The molecule has 0 saturated carbocycles. The monoisotopic (exact) mass is 858 g/mol. The van der Waals surface area contributed by atoms with E-state index in [4.69, 9.17) is 0 Å². The lowest BCUT2D eigenvalue weighted by Gasteiger charge is -2.22. The zero-order chi connectivity index (χ0) is 44.2. The van der Waals surface area contributed by atoms with Crippen LogP contribution in [0.3, 0.4) is 0 Å². The lowest BCUT2D eigenvalue weighted by atomic mass is 10.0. The van der Waals surface area contributed by atoms with Crippen molar-refractivity contribution in [2.24, 2.45) is 0 Å². The van der Waals surface area contributed by atoms with Gasteiger partial charge in [0.25, 0.3) is 0 Å². The first-order valence-electron chi connectivity index (χ1n) is 28.0. The molecule has 4 heteroatoms. The molecule has 2 unspecified atom stereocenters. The number of unbranched alkanes of at least 4 members (excludes halogenated alkanes) is 41. The second kappa shape index (κ2) is 53.2. The molecule has 0 fully saturated rings. The second-order valence-electron chi connectivity index (χ2n) is 19.4. The summed E-state index contributed by atoms with van der Waals surface area (Å²) in [7, 11) is 0. The Balaban J connectivity index is 3.37. The maximum absolute atomic E-state index is 12.5. The molecule has 0 bridgehead atoms. The van der Waals surface area contributed by atoms with Crippen LogP contribution in [0.25, 0.3) is 0 Å². The van der Waals surface area contributed by atoms with Crippen LogP contribution in [0.15, 0.2) is 24.3 Å². The summed E-state index contributed by atoms with van der Waals surface area (Å²) in [6, 6.07) is -0.532. The van der Waals surface area contributed by atoms with Gasteiger partial charge in [0.1, 0.15) is 0 Å². The summed E-state index contributed by atoms with van der Waals surface area (Å²) in [5.41, 5.74) is 0. The first kappa shape index (κ1) is 59.9. The third-order valence-electron chi connectivity index (χ3n) is 13.2. The van der Waals surface area contributed by atoms with Crippen LogP contribution in [-0.2, 0) is 4.79 Å². The van der Waals surface area contributed by atoms with Gasteiger partial charge in [-0.3, -0.25) is 4.79 Å². The van der Waals surface area contributed by atoms with Crippen molar-refractivity contribution in [3.63, 3.8) is 0 Å². The van der Waals surface area contributed by atoms with Gasteiger partial charge in [0.15, 0.2) is 0 Å². The van der Waals surface area contributed by atoms with E-state index in [1.807, 2.05) is 0 Å². The number of carbonyl (C=O) groups is 1. The standard InChI is InChI=1S/C57H111NO3/c1-3-5-7-9-11-13-15-17-19-20-21-22-23-24-25-26-27-28-29-30-31-32-33-34-35-36-37-38-39-41-43-45-47-49-51-53-57(61)58-55(54-59)56(60)52-50-48-46-44-42-40-18-16-14-12-10-8-6-4-2/h15,17,20-21,55-56,59-60H,3-14,16,18-19,22-54H2,1-2H3,(H,58,61)/b17-15-,21-20-. The molecule has 1 amide bonds. The van der Waals surface area contributed by atoms with Crippen molar-refractivity contribution >= 4 is 5.91 Å². The van der Waals surface area contributed by atoms with Gasteiger partial charge in [0, 0.05) is 6.42 Å². The molecule has 0 aliphatic heterocycles. The molecule has 0 radical (unpaired) electrons. The molecule has 0 spiro atoms. The Hall–Kier alpha value is -1.13. The lowest BCUT2D eigenvalue weighted by molar-refractivity contribution is -0.123. The van der Waals surface area contributed by atoms with Crippen LogP contribution in [0, 0.1) is 0 Å². The average molecular weight is 859 g/mol. The van der Waals surface area contributed by atoms with E-state index < -0.39 is 12.1 Å². The highest BCUT2D eigenvalue weighted by molar-refractivity contribution is 5.76. The summed E-state index contributed by atoms with van der Waals surface area (Å²) in [4.78, 5) is 12.5. The number of hydrogen-bond donors (Lipinski definition) is 3. The van der Waals surface area contributed by atoms with Crippen molar-refractivity contribution in [1.29, 1.82) is 0 Å². The van der Waals surface area contributed by atoms with Crippen LogP contribution in [0.5, 0.6) is 0 Å². The van der Waals surface area contributed by atoms with Gasteiger partial charge in [0.2, 0.25) is 5.91 Å². The fourth-order valence-electron chi connectivity index (χ4n) is 8.92. The molecule has 0 aromatic rings. The van der Waals surface area contributed by atoms with Crippen LogP contribution >= 0.6 is 0 Å². The van der Waals surface area contributed by atoms with Crippen molar-refractivity contribution in [2.75, 3.05) is 6.61 Å². The van der Waals surface area contributed by atoms with E-state index in [-0.39, 0.29) is 12.5 Å². The molecule has 0 rings (SSSR count). The van der Waals surface area contributed by atoms with Crippen LogP contribution in [-0.4, -0.2) is 34.9 Å². The number of hydrogen-bond acceptors (Lipinski definition) is 3. The molecule has 0 aromatic carbocycles. The maximum atomic E-state index is 12.5. The highest BCUT2D eigenvalue weighted by atomic mass is 16.3. The van der Waals surface area contributed by atoms with Gasteiger partial charge in [-0.1, -0.05) is 289 Å². The smallest absolute Gasteiger partial charge is 0.220 e. The molecule has 0 aliphatic rings. The van der Waals surface area contributed by atoms with Crippen LogP contribution in [0.2, 0.25) is 0 Å². The van der Waals surface area contributed by atoms with E-state index in [9.17, 15) is 15.0 Å². The summed E-state index contributed by atoms with van der Waals surface area (Å²) < 4.78 is 0. The Bertz CT molecular complexity index is 886. The Kier molecular flexibility index (Phi) is 52.2. The highest BCUT2D eigenvalue weighted by Gasteiger charge is 2.20. The predicted octanol–water partition coefficient (Wildman–Crippen LogP) is 18.3. The van der Waals surface area contributed by atoms with Gasteiger partial charge in [-0.2, -0.15) is 0 Å². The number of aliphatic hydroxyl groups excluding tert-OH is 2. The predicted molar refractivity (Wildman–Crippen MR) is 272 cm³/mol. The summed E-state index contributed by atoms with van der Waals surface area (Å²) >= 11 is 0. The van der Waals surface area contributed by atoms with Gasteiger partial charge in [-0.25, -0.2) is 0 Å². The van der Waals surface area contributed by atoms with E-state index in [1.165, 1.54) is 257 Å². The van der Waals surface area contributed by atoms with E-state index >= 15 is 0 Å². The molecular weight excluding hydrogens is 747 g/mol. The molecule has 362 valence electrons. The van der Waals surface area contributed by atoms with Gasteiger partial charge >= 0.3 is 0 Å². The quantitative estimate of drug-likeness (QED) is 0.0422. The topological polar surface area (TPSA) is 69.6 Å². The van der Waals surface area contributed by atoms with E-state index in [1.54, 1.807) is 0 Å². The Morgan fingerprint density at radius 2 is 0.672 bits per heavy atom. The van der Waals surface area contributed by atoms with Crippen LogP contribution in [0.1, 0.15) is 316 Å². The van der Waals surface area contributed by atoms with Crippen molar-refractivity contribution < 1.29 is 15.0 Å². The number of amides is 1. The van der Waals surface area contributed by atoms with E-state index in [0.29, 0.717) is 12.8 Å². The molecule has 2 atom stereocenters. The molecular formula is C57H111NO3. The minimum atomic E-state index is -0.655. The summed E-state index contributed by atoms with van der Waals surface area (Å²) in [6.07, 6.45) is 70.3. The maximum Gasteiger partial charge on any atom is 0.220 e. The SMILES string of the molecule is CCCCCCC/C=C\C/C=C\CCCCCCCCCCCCCCCCCCCCCCCCCC(=O)NC(CO)C(O)CCCCCCCCCCCCCCCC. The second-order valence-corrected chi connectivity index (χ2v) is 19.4. The molecule has 0 aliphatic carbocycles. The Labute approximate surface area is 383 Å². The molecule has 4 nitrogen and oxygen atoms in total. The van der Waals surface area contributed by atoms with Gasteiger partial charge in [-0.05, 0) is 44.9 Å². The molecule has 3 N–H and O–H groups in total. The number of allylic oxidation sites excluding steroid dienone is 4. The van der Waals surface area contributed by atoms with Crippen LogP contribution < -0.4 is 5.32 Å². The normalized spacial score (nSPS) is 12.9. The molecule has 0 aromatic heterocycles. The third-order valence-corrected chi connectivity index (χ3v) is 13.2. The number of carbonyl (C=O) groups excluding carboxylic acids is 1. The zero-order valence-corrected chi connectivity index (χ0v) is 41.7.